The molecule has 11 nitrogen and oxygen atoms in total. The van der Waals surface area contributed by atoms with Crippen molar-refractivity contribution in [3.05, 3.63) is 106 Å². The number of nitriles is 1. The highest BCUT2D eigenvalue weighted by Crippen LogP contribution is 2.43. The quantitative estimate of drug-likeness (QED) is 0.143. The number of methoxy groups -OCH3 is 1. The maximum atomic E-state index is 14.1. The Labute approximate surface area is 300 Å². The number of esters is 1. The molecule has 2 aromatic carbocycles. The second kappa shape index (κ2) is 15.0. The largest absolute Gasteiger partial charge is 0.496 e. The molecule has 0 spiro atoms. The summed E-state index contributed by atoms with van der Waals surface area (Å²) >= 11 is 7.39. The van der Waals surface area contributed by atoms with Gasteiger partial charge in [0.2, 0.25) is 5.89 Å². The maximum absolute atomic E-state index is 14.1. The van der Waals surface area contributed by atoms with Crippen molar-refractivity contribution in [2.24, 2.45) is 0 Å². The first-order valence-electron chi connectivity index (χ1n) is 16.5. The van der Waals surface area contributed by atoms with Crippen LogP contribution in [0.3, 0.4) is 0 Å². The lowest BCUT2D eigenvalue weighted by Gasteiger charge is -2.36. The summed E-state index contributed by atoms with van der Waals surface area (Å²) in [5.41, 5.74) is 3.55. The van der Waals surface area contributed by atoms with Gasteiger partial charge in [0.25, 0.3) is 5.91 Å². The van der Waals surface area contributed by atoms with E-state index in [0.29, 0.717) is 49.6 Å². The molecule has 51 heavy (non-hydrogen) atoms. The molecular weight excluding hydrogens is 675 g/mol. The van der Waals surface area contributed by atoms with E-state index in [4.69, 9.17) is 30.5 Å². The van der Waals surface area contributed by atoms with Crippen LogP contribution in [0.1, 0.15) is 58.0 Å². The van der Waals surface area contributed by atoms with Crippen LogP contribution in [-0.4, -0.2) is 71.1 Å². The Hall–Kier alpha value is -5.09. The van der Waals surface area contributed by atoms with Crippen molar-refractivity contribution in [2.45, 2.75) is 57.1 Å². The monoisotopic (exact) mass is 712 g/mol. The Bertz CT molecular complexity index is 2070. The van der Waals surface area contributed by atoms with E-state index in [1.54, 1.807) is 31.3 Å². The molecule has 0 saturated carbocycles. The molecule has 2 aliphatic rings. The van der Waals surface area contributed by atoms with E-state index >= 15 is 0 Å². The van der Waals surface area contributed by atoms with Crippen LogP contribution >= 0.6 is 11.6 Å². The van der Waals surface area contributed by atoms with Gasteiger partial charge in [0.15, 0.2) is 11.1 Å². The van der Waals surface area contributed by atoms with Gasteiger partial charge in [-0.05, 0) is 54.3 Å². The summed E-state index contributed by atoms with van der Waals surface area (Å²) in [6.45, 7) is 6.99. The zero-order chi connectivity index (χ0) is 36.3. The van der Waals surface area contributed by atoms with Crippen LogP contribution in [0.4, 0.5) is 4.39 Å². The van der Waals surface area contributed by atoms with E-state index in [1.165, 1.54) is 20.1 Å². The third-order valence-corrected chi connectivity index (χ3v) is 9.52. The Morgan fingerprint density at radius 3 is 2.75 bits per heavy atom. The summed E-state index contributed by atoms with van der Waals surface area (Å²) in [7, 11) is 1.50. The van der Waals surface area contributed by atoms with Gasteiger partial charge in [-0.25, -0.2) is 9.37 Å². The first kappa shape index (κ1) is 35.7. The van der Waals surface area contributed by atoms with Crippen LogP contribution in [0, 0.1) is 18.3 Å². The predicted octanol–water partition coefficient (Wildman–Crippen LogP) is 5.49. The van der Waals surface area contributed by atoms with E-state index in [9.17, 15) is 19.2 Å². The SMILES string of the molecule is COc1cc(C(=O)NC2(c3nc4cc(CN5CC(F)C5)cc(C#N)c4o3)C=CC=C(c3ccccc3C)C2Cl)ncc1CNCC(C)OC(C)=O. The van der Waals surface area contributed by atoms with Gasteiger partial charge in [-0.15, -0.1) is 11.6 Å². The lowest BCUT2D eigenvalue weighted by atomic mass is 9.81. The molecule has 3 atom stereocenters. The Balaban J connectivity index is 1.35. The number of alkyl halides is 2. The Morgan fingerprint density at radius 2 is 2.04 bits per heavy atom. The number of hydrogen-bond donors (Lipinski definition) is 2. The van der Waals surface area contributed by atoms with Crippen LogP contribution in [0.15, 0.2) is 71.3 Å². The summed E-state index contributed by atoms with van der Waals surface area (Å²) in [4.78, 5) is 36.6. The van der Waals surface area contributed by atoms with E-state index in [-0.39, 0.29) is 34.8 Å². The molecule has 1 fully saturated rings. The zero-order valence-electron chi connectivity index (χ0n) is 28.7. The first-order chi connectivity index (χ1) is 24.5. The molecule has 1 aliphatic carbocycles. The number of halogens is 2. The molecule has 1 saturated heterocycles. The smallest absolute Gasteiger partial charge is 0.302 e. The van der Waals surface area contributed by atoms with Gasteiger partial charge in [0, 0.05) is 57.5 Å². The number of rotatable bonds is 12. The van der Waals surface area contributed by atoms with Gasteiger partial charge in [0.05, 0.1) is 18.1 Å². The van der Waals surface area contributed by atoms with Gasteiger partial charge in [0.1, 0.15) is 35.3 Å². The van der Waals surface area contributed by atoms with Crippen molar-refractivity contribution < 1.29 is 27.9 Å². The number of pyridine rings is 1. The molecule has 3 heterocycles. The van der Waals surface area contributed by atoms with Gasteiger partial charge in [-0.2, -0.15) is 5.26 Å². The number of nitrogens with one attached hydrogen (secondary N) is 2. The summed E-state index contributed by atoms with van der Waals surface area (Å²) < 4.78 is 30.7. The molecule has 6 rings (SSSR count). The highest BCUT2D eigenvalue weighted by Gasteiger charge is 2.47. The average Bonchev–Trinajstić information content (AvgIpc) is 3.53. The van der Waals surface area contributed by atoms with Crippen LogP contribution in [-0.2, 0) is 28.2 Å². The highest BCUT2D eigenvalue weighted by atomic mass is 35.5. The van der Waals surface area contributed by atoms with Gasteiger partial charge < -0.3 is 24.5 Å². The molecule has 2 N–H and O–H groups in total. The molecule has 4 aromatic rings. The standard InChI is InChI=1S/C38H38ClFN6O5/c1-22-8-5-6-9-29(22)30-10-7-11-38(35(30)39,37-44-31-13-25(19-46-20-28(40)21-46)12-26(15-41)34(31)51-37)45-36(48)32-14-33(49-4)27(18-43-32)17-42-16-23(2)50-24(3)47/h5-14,18,23,28,35,42H,16-17,19-21H2,1-4H3,(H,45,48). The van der Waals surface area contributed by atoms with E-state index in [0.717, 1.165) is 22.3 Å². The molecule has 0 bridgehead atoms. The summed E-state index contributed by atoms with van der Waals surface area (Å²) in [6, 6.07) is 15.0. The van der Waals surface area contributed by atoms with Crippen LogP contribution in [0.25, 0.3) is 16.7 Å². The van der Waals surface area contributed by atoms with Crippen molar-refractivity contribution in [1.29, 1.82) is 5.26 Å². The molecule has 264 valence electrons. The van der Waals surface area contributed by atoms with E-state index in [2.05, 4.69) is 21.7 Å². The van der Waals surface area contributed by atoms with Crippen LogP contribution in [0.2, 0.25) is 0 Å². The number of carbonyl (C=O) groups excluding carboxylic acids is 2. The molecule has 1 aliphatic heterocycles. The van der Waals surface area contributed by atoms with E-state index in [1.807, 2.05) is 48.2 Å². The van der Waals surface area contributed by atoms with Gasteiger partial charge >= 0.3 is 5.97 Å². The lowest BCUT2D eigenvalue weighted by molar-refractivity contribution is -0.145. The molecule has 3 unspecified atom stereocenters. The predicted molar refractivity (Wildman–Crippen MR) is 190 cm³/mol. The van der Waals surface area contributed by atoms with Crippen molar-refractivity contribution >= 4 is 40.2 Å². The maximum Gasteiger partial charge on any atom is 0.302 e. The second-order valence-electron chi connectivity index (χ2n) is 12.8. The number of amides is 1. The normalized spacial score (nSPS) is 19.5. The molecule has 2 aromatic heterocycles. The van der Waals surface area contributed by atoms with Crippen LogP contribution in [0.5, 0.6) is 5.75 Å². The molecule has 0 radical (unpaired) electrons. The number of nitrogens with zero attached hydrogens (tertiary/aromatic N) is 4. The number of fused-ring (bicyclic) bond motifs is 1. The highest BCUT2D eigenvalue weighted by molar-refractivity contribution is 6.28. The number of aryl methyl sites for hydroxylation is 1. The third-order valence-electron chi connectivity index (χ3n) is 8.94. The summed E-state index contributed by atoms with van der Waals surface area (Å²) in [6.07, 6.45) is 5.77. The lowest BCUT2D eigenvalue weighted by Crippen LogP contribution is -2.52. The van der Waals surface area contributed by atoms with Gasteiger partial charge in [-0.1, -0.05) is 36.4 Å². The third kappa shape index (κ3) is 7.51. The Kier molecular flexibility index (Phi) is 10.5. The number of carbonyl (C=O) groups is 2. The number of likely N-dealkylation sites (tertiary alicyclic amines) is 1. The number of benzene rings is 2. The summed E-state index contributed by atoms with van der Waals surface area (Å²) in [5, 5.41) is 15.5. The van der Waals surface area contributed by atoms with E-state index < -0.39 is 23.0 Å². The average molecular weight is 713 g/mol. The number of allylic oxidation sites excluding steroid dienone is 2. The number of ether oxygens (including phenoxy) is 2. The second-order valence-corrected chi connectivity index (χ2v) is 13.3. The first-order valence-corrected chi connectivity index (χ1v) is 17.0. The minimum absolute atomic E-state index is 0.0596. The Morgan fingerprint density at radius 1 is 1.25 bits per heavy atom. The number of hydrogen-bond acceptors (Lipinski definition) is 10. The fourth-order valence-electron chi connectivity index (χ4n) is 6.41. The van der Waals surface area contributed by atoms with Crippen molar-refractivity contribution in [2.75, 3.05) is 26.7 Å². The van der Waals surface area contributed by atoms with Crippen molar-refractivity contribution in [1.82, 2.24) is 25.5 Å². The van der Waals surface area contributed by atoms with Crippen molar-refractivity contribution in [3.63, 3.8) is 0 Å². The fourth-order valence-corrected chi connectivity index (χ4v) is 6.83. The fraction of sp³-hybridized carbons (Fsp3) is 0.342. The number of aromatic nitrogens is 2. The van der Waals surface area contributed by atoms with Crippen LogP contribution < -0.4 is 15.4 Å². The molecular formula is C38H38ClFN6O5. The minimum atomic E-state index is -1.52. The van der Waals surface area contributed by atoms with Gasteiger partial charge in [-0.3, -0.25) is 19.5 Å². The molecule has 1 amide bonds. The topological polar surface area (TPSA) is 143 Å². The molecule has 13 heteroatoms. The number of oxazole rings is 1. The minimum Gasteiger partial charge on any atom is -0.496 e. The zero-order valence-corrected chi connectivity index (χ0v) is 29.5. The summed E-state index contributed by atoms with van der Waals surface area (Å²) in [5.74, 6) is -0.428. The van der Waals surface area contributed by atoms with Crippen molar-refractivity contribution in [3.8, 4) is 11.8 Å².